The number of aliphatic carboxylic acids is 1. The van der Waals surface area contributed by atoms with Gasteiger partial charge in [-0.3, -0.25) is 4.79 Å². The third-order valence-electron chi connectivity index (χ3n) is 4.77. The summed E-state index contributed by atoms with van der Waals surface area (Å²) in [7, 11) is 0. The minimum atomic E-state index is -4.71. The van der Waals surface area contributed by atoms with Crippen LogP contribution in [0.25, 0.3) is 0 Å². The Kier molecular flexibility index (Phi) is 7.28. The van der Waals surface area contributed by atoms with E-state index in [1.54, 1.807) is 18.2 Å². The molecule has 2 aromatic carbocycles. The number of rotatable bonds is 6. The Morgan fingerprint density at radius 1 is 1.16 bits per heavy atom. The van der Waals surface area contributed by atoms with Gasteiger partial charge in [-0.2, -0.15) is 0 Å². The first kappa shape index (κ1) is 23.6. The van der Waals surface area contributed by atoms with Gasteiger partial charge < -0.3 is 14.7 Å². The average Bonchev–Trinajstić information content (AvgIpc) is 2.63. The van der Waals surface area contributed by atoms with Gasteiger partial charge in [0.05, 0.1) is 6.42 Å². The molecule has 3 rings (SSSR count). The number of benzene rings is 2. The van der Waals surface area contributed by atoms with Gasteiger partial charge in [0.1, 0.15) is 5.75 Å². The molecule has 1 N–H and O–H groups in total. The molecule has 0 saturated carbocycles. The van der Waals surface area contributed by atoms with Gasteiger partial charge in [0, 0.05) is 40.8 Å². The Balaban J connectivity index is 1.68. The van der Waals surface area contributed by atoms with Gasteiger partial charge in [-0.1, -0.05) is 11.6 Å². The zero-order chi connectivity index (χ0) is 22.8. The van der Waals surface area contributed by atoms with E-state index in [-0.39, 0.29) is 24.3 Å². The molecule has 2 atom stereocenters. The molecule has 1 aliphatic heterocycles. The second-order valence-electron chi connectivity index (χ2n) is 7.46. The number of hydrogen-bond donors (Lipinski definition) is 1. The van der Waals surface area contributed by atoms with Gasteiger partial charge in [-0.15, -0.1) is 13.2 Å². The van der Waals surface area contributed by atoms with Gasteiger partial charge in [0.2, 0.25) is 0 Å². The van der Waals surface area contributed by atoms with Crippen LogP contribution in [0.5, 0.6) is 5.75 Å². The summed E-state index contributed by atoms with van der Waals surface area (Å²) in [5, 5.41) is 9.52. The second kappa shape index (κ2) is 9.58. The van der Waals surface area contributed by atoms with Gasteiger partial charge in [0.15, 0.2) is 0 Å². The molecule has 2 aromatic rings. The molecule has 1 heterocycles. The predicted molar refractivity (Wildman–Crippen MR) is 115 cm³/mol. The molecule has 5 nitrogen and oxygen atoms in total. The largest absolute Gasteiger partial charge is 0.573 e. The van der Waals surface area contributed by atoms with E-state index in [1.165, 1.54) is 24.1 Å². The van der Waals surface area contributed by atoms with Crippen molar-refractivity contribution >= 4 is 35.2 Å². The van der Waals surface area contributed by atoms with Gasteiger partial charge >= 0.3 is 12.3 Å². The van der Waals surface area contributed by atoms with Crippen molar-refractivity contribution in [3.63, 3.8) is 0 Å². The lowest BCUT2D eigenvalue weighted by atomic mass is 10.1. The van der Waals surface area contributed by atoms with E-state index < -0.39 is 12.3 Å². The Labute approximate surface area is 187 Å². The lowest BCUT2D eigenvalue weighted by Crippen LogP contribution is -2.53. The van der Waals surface area contributed by atoms with Crippen molar-refractivity contribution in [2.45, 2.75) is 43.6 Å². The van der Waals surface area contributed by atoms with Crippen LogP contribution >= 0.6 is 23.5 Å². The molecule has 0 spiro atoms. The molecule has 0 aromatic heterocycles. The monoisotopic (exact) mass is 474 g/mol. The Morgan fingerprint density at radius 3 is 2.32 bits per heavy atom. The van der Waals surface area contributed by atoms with Crippen molar-refractivity contribution in [1.29, 1.82) is 0 Å². The Hall–Kier alpha value is -2.10. The third kappa shape index (κ3) is 6.69. The van der Waals surface area contributed by atoms with E-state index in [2.05, 4.69) is 27.8 Å². The van der Waals surface area contributed by atoms with E-state index in [1.807, 2.05) is 12.1 Å². The van der Waals surface area contributed by atoms with E-state index in [0.717, 1.165) is 10.6 Å². The number of hydrogen-bond acceptors (Lipinski definition) is 5. The molecule has 2 unspecified atom stereocenters. The van der Waals surface area contributed by atoms with E-state index in [9.17, 15) is 18.0 Å². The number of piperazine rings is 1. The first-order chi connectivity index (χ1) is 14.5. The van der Waals surface area contributed by atoms with Crippen LogP contribution in [0, 0.1) is 0 Å². The summed E-state index contributed by atoms with van der Waals surface area (Å²) in [6, 6.07) is 11.4. The average molecular weight is 475 g/mol. The SMILES string of the molecule is CC1CN(c2ccc(OC(F)(F)F)cc2)CC(C)N1Sc1cc(Cl)cc(CC(=O)O)c1. The van der Waals surface area contributed by atoms with Crippen molar-refractivity contribution < 1.29 is 27.8 Å². The molecule has 1 aliphatic rings. The number of nitrogens with zero attached hydrogens (tertiary/aromatic N) is 2. The van der Waals surface area contributed by atoms with Crippen LogP contribution < -0.4 is 9.64 Å². The van der Waals surface area contributed by atoms with Crippen LogP contribution in [0.1, 0.15) is 19.4 Å². The lowest BCUT2D eigenvalue weighted by Gasteiger charge is -2.44. The maximum atomic E-state index is 12.4. The minimum absolute atomic E-state index is 0.0962. The lowest BCUT2D eigenvalue weighted by molar-refractivity contribution is -0.274. The van der Waals surface area contributed by atoms with Crippen LogP contribution in [-0.2, 0) is 11.2 Å². The summed E-state index contributed by atoms with van der Waals surface area (Å²) in [6.07, 6.45) is -4.81. The molecular formula is C21H22ClF3N2O3S. The zero-order valence-electron chi connectivity index (χ0n) is 16.9. The topological polar surface area (TPSA) is 53.0 Å². The predicted octanol–water partition coefficient (Wildman–Crippen LogP) is 5.47. The normalized spacial score (nSPS) is 20.0. The van der Waals surface area contributed by atoms with Crippen molar-refractivity contribution in [3.8, 4) is 5.75 Å². The molecular weight excluding hydrogens is 453 g/mol. The Morgan fingerprint density at radius 2 is 1.77 bits per heavy atom. The maximum absolute atomic E-state index is 12.4. The first-order valence-electron chi connectivity index (χ1n) is 9.58. The van der Waals surface area contributed by atoms with Crippen molar-refractivity contribution in [3.05, 3.63) is 53.1 Å². The molecule has 168 valence electrons. The van der Waals surface area contributed by atoms with Crippen molar-refractivity contribution in [2.24, 2.45) is 0 Å². The fourth-order valence-corrected chi connectivity index (χ4v) is 5.07. The quantitative estimate of drug-likeness (QED) is 0.560. The highest BCUT2D eigenvalue weighted by molar-refractivity contribution is 7.97. The number of carbonyl (C=O) groups is 1. The highest BCUT2D eigenvalue weighted by Gasteiger charge is 2.32. The smallest absolute Gasteiger partial charge is 0.481 e. The van der Waals surface area contributed by atoms with Gasteiger partial charge in [0.25, 0.3) is 0 Å². The highest BCUT2D eigenvalue weighted by atomic mass is 35.5. The molecule has 0 aliphatic carbocycles. The van der Waals surface area contributed by atoms with Crippen molar-refractivity contribution in [1.82, 2.24) is 4.31 Å². The number of carboxylic acids is 1. The molecule has 0 bridgehead atoms. The molecule has 0 radical (unpaired) electrons. The summed E-state index contributed by atoms with van der Waals surface area (Å²) in [4.78, 5) is 14.0. The van der Waals surface area contributed by atoms with Crippen LogP contribution in [-0.4, -0.2) is 46.9 Å². The number of carboxylic acid groups (broad SMARTS) is 1. The number of anilines is 1. The van der Waals surface area contributed by atoms with Crippen LogP contribution in [0.2, 0.25) is 5.02 Å². The molecule has 31 heavy (non-hydrogen) atoms. The molecule has 1 saturated heterocycles. The third-order valence-corrected chi connectivity index (χ3v) is 6.37. The summed E-state index contributed by atoms with van der Waals surface area (Å²) in [5.74, 6) is -1.16. The fourth-order valence-electron chi connectivity index (χ4n) is 3.63. The summed E-state index contributed by atoms with van der Waals surface area (Å²) in [6.45, 7) is 5.50. The van der Waals surface area contributed by atoms with E-state index >= 15 is 0 Å². The fraction of sp³-hybridized carbons (Fsp3) is 0.381. The molecule has 0 amide bonds. The zero-order valence-corrected chi connectivity index (χ0v) is 18.5. The number of alkyl halides is 3. The standard InChI is InChI=1S/C21H22ClF3N2O3S/c1-13-11-26(17-3-5-18(6-4-17)30-21(23,24)25)12-14(2)27(13)31-19-8-15(9-20(28)29)7-16(22)10-19/h3-8,10,13-14H,9,11-12H2,1-2H3,(H,28,29). The molecule has 1 fully saturated rings. The number of ether oxygens (including phenoxy) is 1. The van der Waals surface area contributed by atoms with E-state index in [0.29, 0.717) is 23.7 Å². The van der Waals surface area contributed by atoms with Crippen LogP contribution in [0.15, 0.2) is 47.4 Å². The minimum Gasteiger partial charge on any atom is -0.481 e. The highest BCUT2D eigenvalue weighted by Crippen LogP contribution is 2.34. The van der Waals surface area contributed by atoms with Crippen molar-refractivity contribution in [2.75, 3.05) is 18.0 Å². The Bertz CT molecular complexity index is 915. The molecule has 10 heteroatoms. The van der Waals surface area contributed by atoms with Gasteiger partial charge in [-0.25, -0.2) is 4.31 Å². The second-order valence-corrected chi connectivity index (χ2v) is 8.97. The van der Waals surface area contributed by atoms with E-state index in [4.69, 9.17) is 16.7 Å². The maximum Gasteiger partial charge on any atom is 0.573 e. The number of halogens is 4. The van der Waals surface area contributed by atoms with Crippen LogP contribution in [0.3, 0.4) is 0 Å². The van der Waals surface area contributed by atoms with Gasteiger partial charge in [-0.05, 0) is 73.8 Å². The summed E-state index contributed by atoms with van der Waals surface area (Å²) >= 11 is 7.69. The summed E-state index contributed by atoms with van der Waals surface area (Å²) in [5.41, 5.74) is 1.46. The first-order valence-corrected chi connectivity index (χ1v) is 10.7. The van der Waals surface area contributed by atoms with Crippen LogP contribution in [0.4, 0.5) is 18.9 Å². The summed E-state index contributed by atoms with van der Waals surface area (Å²) < 4.78 is 43.2.